The first-order valence-corrected chi connectivity index (χ1v) is 22.9. The number of hydrogen-bond acceptors (Lipinski definition) is 2. The summed E-state index contributed by atoms with van der Waals surface area (Å²) in [5.74, 6) is 0. The van der Waals surface area contributed by atoms with Crippen LogP contribution in [0.1, 0.15) is 61.8 Å². The molecule has 0 radical (unpaired) electrons. The second kappa shape index (κ2) is 14.0. The quantitative estimate of drug-likeness (QED) is 0.166. The lowest BCUT2D eigenvalue weighted by Gasteiger charge is -2.31. The van der Waals surface area contributed by atoms with Crippen molar-refractivity contribution in [3.05, 3.63) is 222 Å². The van der Waals surface area contributed by atoms with E-state index < -0.39 is 0 Å². The van der Waals surface area contributed by atoms with Crippen LogP contribution in [0.25, 0.3) is 77.6 Å². The van der Waals surface area contributed by atoms with E-state index in [2.05, 4.69) is 213 Å². The molecule has 0 saturated heterocycles. The fourth-order valence-electron chi connectivity index (χ4n) is 11.8. The van der Waals surface area contributed by atoms with E-state index in [0.717, 1.165) is 29.7 Å². The Kier molecular flexibility index (Phi) is 8.15. The van der Waals surface area contributed by atoms with E-state index in [1.54, 1.807) is 0 Å². The molecule has 0 aliphatic heterocycles. The van der Waals surface area contributed by atoms with Crippen molar-refractivity contribution in [3.8, 4) is 55.6 Å². The first-order chi connectivity index (χ1) is 31.4. The van der Waals surface area contributed by atoms with Crippen LogP contribution in [0, 0.1) is 0 Å². The van der Waals surface area contributed by atoms with E-state index in [-0.39, 0.29) is 10.8 Å². The molecule has 9 aromatic carbocycles. The Morgan fingerprint density at radius 1 is 0.359 bits per heavy atom. The maximum atomic E-state index is 6.36. The van der Waals surface area contributed by atoms with Crippen LogP contribution in [-0.4, -0.2) is 0 Å². The van der Waals surface area contributed by atoms with Crippen LogP contribution < -0.4 is 4.90 Å². The van der Waals surface area contributed by atoms with Gasteiger partial charge in [0.15, 0.2) is 0 Å². The number of nitrogens with zero attached hydrogens (tertiary/aromatic N) is 1. The lowest BCUT2D eigenvalue weighted by Crippen LogP contribution is -2.21. The average Bonchev–Trinajstić information content (AvgIpc) is 4.11. The average molecular weight is 822 g/mol. The second-order valence-electron chi connectivity index (χ2n) is 18.8. The fraction of sp³-hybridized carbons (Fsp3) is 0.129. The number of rotatable bonds is 6. The highest BCUT2D eigenvalue weighted by Gasteiger charge is 2.45. The van der Waals surface area contributed by atoms with E-state index in [4.69, 9.17) is 4.42 Å². The van der Waals surface area contributed by atoms with Gasteiger partial charge in [-0.2, -0.15) is 0 Å². The Hall–Kier alpha value is -7.42. The van der Waals surface area contributed by atoms with Crippen molar-refractivity contribution >= 4 is 39.0 Å². The summed E-state index contributed by atoms with van der Waals surface area (Å²) in [6.45, 7) is 4.76. The zero-order chi connectivity index (χ0) is 42.6. The summed E-state index contributed by atoms with van der Waals surface area (Å²) in [4.78, 5) is 2.50. The number of anilines is 3. The summed E-state index contributed by atoms with van der Waals surface area (Å²) in [5.41, 5.74) is 23.8. The minimum atomic E-state index is -0.108. The number of fused-ring (bicyclic) bond motifs is 11. The minimum Gasteiger partial charge on any atom is -0.456 e. The molecule has 0 N–H and O–H groups in total. The molecule has 2 nitrogen and oxygen atoms in total. The standard InChI is InChI=1S/C62H47NO/c1-61(2)55-16-8-6-14-49(55)50-32-28-47(38-56(50)61)63(46-26-22-43(23-27-46)42-20-18-41(19-21-42)40-12-4-3-5-13-40)48-29-33-52-51-30-24-44(36-57(51)62(58(52)39-48)34-10-11-35-62)45-25-31-54-53-15-7-9-17-59(53)64-60(54)37-45/h3-9,12-33,36-39H,10-11,34-35H2,1-2H3. The van der Waals surface area contributed by atoms with Crippen LogP contribution in [0.2, 0.25) is 0 Å². The normalized spacial score (nSPS) is 15.0. The molecule has 0 amide bonds. The van der Waals surface area contributed by atoms with Gasteiger partial charge in [-0.1, -0.05) is 166 Å². The first-order valence-electron chi connectivity index (χ1n) is 22.9. The molecule has 2 heteroatoms. The van der Waals surface area contributed by atoms with Gasteiger partial charge in [-0.05, 0) is 151 Å². The Morgan fingerprint density at radius 3 is 1.58 bits per heavy atom. The monoisotopic (exact) mass is 821 g/mol. The topological polar surface area (TPSA) is 16.4 Å². The molecule has 13 rings (SSSR count). The van der Waals surface area contributed by atoms with Crippen molar-refractivity contribution in [1.82, 2.24) is 0 Å². The molecule has 1 heterocycles. The Labute approximate surface area is 375 Å². The minimum absolute atomic E-state index is 0.0246. The second-order valence-corrected chi connectivity index (χ2v) is 18.8. The van der Waals surface area contributed by atoms with Gasteiger partial charge in [-0.15, -0.1) is 0 Å². The smallest absolute Gasteiger partial charge is 0.136 e. The van der Waals surface area contributed by atoms with Gasteiger partial charge in [0.05, 0.1) is 0 Å². The third kappa shape index (κ3) is 5.58. The summed E-state index contributed by atoms with van der Waals surface area (Å²) in [5, 5.41) is 2.34. The molecule has 0 bridgehead atoms. The van der Waals surface area contributed by atoms with Crippen molar-refractivity contribution in [1.29, 1.82) is 0 Å². The summed E-state index contributed by atoms with van der Waals surface area (Å²) in [6.07, 6.45) is 4.78. The molecule has 0 unspecified atom stereocenters. The summed E-state index contributed by atoms with van der Waals surface area (Å²) in [6, 6.07) is 74.5. The van der Waals surface area contributed by atoms with Crippen LogP contribution in [0.5, 0.6) is 0 Å². The van der Waals surface area contributed by atoms with Crippen LogP contribution in [0.4, 0.5) is 17.1 Å². The lowest BCUT2D eigenvalue weighted by atomic mass is 9.76. The number of furan rings is 1. The molecule has 1 fully saturated rings. The van der Waals surface area contributed by atoms with Crippen molar-refractivity contribution < 1.29 is 4.42 Å². The van der Waals surface area contributed by atoms with Gasteiger partial charge in [-0.3, -0.25) is 0 Å². The fourth-order valence-corrected chi connectivity index (χ4v) is 11.8. The van der Waals surface area contributed by atoms with E-state index >= 15 is 0 Å². The molecule has 1 spiro atoms. The van der Waals surface area contributed by atoms with E-state index in [1.165, 1.54) is 113 Å². The largest absolute Gasteiger partial charge is 0.456 e. The Bertz CT molecular complexity index is 3460. The van der Waals surface area contributed by atoms with Crippen molar-refractivity contribution in [2.75, 3.05) is 4.90 Å². The van der Waals surface area contributed by atoms with E-state index in [9.17, 15) is 0 Å². The first kappa shape index (κ1) is 37.2. The molecule has 306 valence electrons. The molecule has 64 heavy (non-hydrogen) atoms. The van der Waals surface area contributed by atoms with Crippen LogP contribution >= 0.6 is 0 Å². The lowest BCUT2D eigenvalue weighted by molar-refractivity contribution is 0.550. The van der Waals surface area contributed by atoms with Crippen molar-refractivity contribution in [2.45, 2.75) is 50.4 Å². The zero-order valence-electron chi connectivity index (χ0n) is 36.2. The van der Waals surface area contributed by atoms with Gasteiger partial charge < -0.3 is 9.32 Å². The molecular weight excluding hydrogens is 775 g/mol. The van der Waals surface area contributed by atoms with Gasteiger partial charge in [-0.25, -0.2) is 0 Å². The highest BCUT2D eigenvalue weighted by molar-refractivity contribution is 6.06. The van der Waals surface area contributed by atoms with E-state index in [1.807, 2.05) is 6.07 Å². The molecule has 10 aromatic rings. The maximum Gasteiger partial charge on any atom is 0.136 e. The summed E-state index contributed by atoms with van der Waals surface area (Å²) >= 11 is 0. The van der Waals surface area contributed by atoms with Gasteiger partial charge in [0.1, 0.15) is 11.2 Å². The predicted molar refractivity (Wildman–Crippen MR) is 267 cm³/mol. The molecule has 3 aliphatic rings. The molecule has 0 atom stereocenters. The molecule has 1 saturated carbocycles. The van der Waals surface area contributed by atoms with Crippen molar-refractivity contribution in [2.24, 2.45) is 0 Å². The number of benzene rings is 9. The highest BCUT2D eigenvalue weighted by atomic mass is 16.3. The molecule has 3 aliphatic carbocycles. The van der Waals surface area contributed by atoms with Gasteiger partial charge in [0.25, 0.3) is 0 Å². The van der Waals surface area contributed by atoms with Gasteiger partial charge >= 0.3 is 0 Å². The van der Waals surface area contributed by atoms with Crippen LogP contribution in [0.3, 0.4) is 0 Å². The Balaban J connectivity index is 0.915. The predicted octanol–water partition coefficient (Wildman–Crippen LogP) is 17.2. The SMILES string of the molecule is CC1(C)c2ccccc2-c2ccc(N(c3ccc(-c4ccc(-c5ccccc5)cc4)cc3)c3ccc4c(c3)C3(CCCC3)c3cc(-c5ccc6c(c5)oc5ccccc56)ccc3-4)cc21. The summed E-state index contributed by atoms with van der Waals surface area (Å²) in [7, 11) is 0. The van der Waals surface area contributed by atoms with E-state index in [0.29, 0.717) is 0 Å². The maximum absolute atomic E-state index is 6.36. The highest BCUT2D eigenvalue weighted by Crippen LogP contribution is 2.59. The molecular formula is C62H47NO. The summed E-state index contributed by atoms with van der Waals surface area (Å²) < 4.78 is 6.36. The molecule has 1 aromatic heterocycles. The van der Waals surface area contributed by atoms with Gasteiger partial charge in [0, 0.05) is 38.7 Å². The van der Waals surface area contributed by atoms with Crippen LogP contribution in [-0.2, 0) is 10.8 Å². The zero-order valence-corrected chi connectivity index (χ0v) is 36.2. The number of para-hydroxylation sites is 1. The van der Waals surface area contributed by atoms with Gasteiger partial charge in [0.2, 0.25) is 0 Å². The van der Waals surface area contributed by atoms with Crippen molar-refractivity contribution in [3.63, 3.8) is 0 Å². The third-order valence-corrected chi connectivity index (χ3v) is 15.0. The van der Waals surface area contributed by atoms with Crippen LogP contribution in [0.15, 0.2) is 205 Å². The third-order valence-electron chi connectivity index (χ3n) is 15.0. The number of hydrogen-bond donors (Lipinski definition) is 0. The Morgan fingerprint density at radius 2 is 0.844 bits per heavy atom.